The van der Waals surface area contributed by atoms with Crippen molar-refractivity contribution in [2.24, 2.45) is 0 Å². The zero-order valence-electron chi connectivity index (χ0n) is 11.9. The number of amides is 1. The Bertz CT molecular complexity index is 468. The lowest BCUT2D eigenvalue weighted by molar-refractivity contribution is -0.117. The summed E-state index contributed by atoms with van der Waals surface area (Å²) in [5, 5.41) is 5.86. The Hall–Kier alpha value is -1.37. The Morgan fingerprint density at radius 1 is 1.57 bits per heavy atom. The van der Waals surface area contributed by atoms with Crippen LogP contribution < -0.4 is 15.4 Å². The van der Waals surface area contributed by atoms with Crippen LogP contribution in [-0.2, 0) is 9.53 Å². The van der Waals surface area contributed by atoms with Gasteiger partial charge in [-0.25, -0.2) is 4.39 Å². The molecule has 0 aliphatic carbocycles. The maximum absolute atomic E-state index is 13.6. The molecule has 21 heavy (non-hydrogen) atoms. The van der Waals surface area contributed by atoms with Crippen molar-refractivity contribution < 1.29 is 18.7 Å². The number of carbonyl (C=O) groups excluding carboxylic acids is 1. The highest BCUT2D eigenvalue weighted by Gasteiger charge is 2.17. The molecule has 0 bridgehead atoms. The van der Waals surface area contributed by atoms with Crippen LogP contribution in [0.15, 0.2) is 18.2 Å². The molecular formula is C14H20ClFN2O3. The Morgan fingerprint density at radius 3 is 3.00 bits per heavy atom. The number of anilines is 1. The second kappa shape index (κ2) is 8.81. The van der Waals surface area contributed by atoms with Crippen LogP contribution in [0.4, 0.5) is 10.1 Å². The number of morpholine rings is 1. The molecule has 1 aliphatic rings. The van der Waals surface area contributed by atoms with Gasteiger partial charge in [-0.2, -0.15) is 0 Å². The van der Waals surface area contributed by atoms with E-state index in [1.165, 1.54) is 12.1 Å². The summed E-state index contributed by atoms with van der Waals surface area (Å²) in [5.74, 6) is -0.465. The lowest BCUT2D eigenvalue weighted by atomic mass is 10.2. The molecule has 1 amide bonds. The summed E-state index contributed by atoms with van der Waals surface area (Å²) < 4.78 is 24.0. The van der Waals surface area contributed by atoms with Gasteiger partial charge in [-0.15, -0.1) is 12.4 Å². The zero-order valence-corrected chi connectivity index (χ0v) is 12.7. The van der Waals surface area contributed by atoms with Crippen molar-refractivity contribution in [3.8, 4) is 5.75 Å². The fourth-order valence-electron chi connectivity index (χ4n) is 2.04. The van der Waals surface area contributed by atoms with Crippen LogP contribution in [-0.4, -0.2) is 38.3 Å². The van der Waals surface area contributed by atoms with Crippen molar-refractivity contribution >= 4 is 24.0 Å². The van der Waals surface area contributed by atoms with Crippen molar-refractivity contribution in [3.05, 3.63) is 24.0 Å². The molecule has 1 saturated heterocycles. The number of hydrogen-bond acceptors (Lipinski definition) is 4. The fourth-order valence-corrected chi connectivity index (χ4v) is 2.04. The maximum Gasteiger partial charge on any atom is 0.226 e. The van der Waals surface area contributed by atoms with Gasteiger partial charge in [0.15, 0.2) is 11.6 Å². The average Bonchev–Trinajstić information content (AvgIpc) is 2.43. The van der Waals surface area contributed by atoms with E-state index < -0.39 is 5.82 Å². The lowest BCUT2D eigenvalue weighted by Crippen LogP contribution is -2.43. The van der Waals surface area contributed by atoms with Crippen LogP contribution in [0.5, 0.6) is 5.75 Å². The summed E-state index contributed by atoms with van der Waals surface area (Å²) in [6.07, 6.45) is 0.300. The summed E-state index contributed by atoms with van der Waals surface area (Å²) in [6, 6.07) is 4.40. The topological polar surface area (TPSA) is 59.6 Å². The van der Waals surface area contributed by atoms with Gasteiger partial charge in [-0.05, 0) is 19.1 Å². The molecule has 1 aromatic carbocycles. The summed E-state index contributed by atoms with van der Waals surface area (Å²) >= 11 is 0. The molecule has 0 aromatic heterocycles. The van der Waals surface area contributed by atoms with E-state index in [-0.39, 0.29) is 30.1 Å². The van der Waals surface area contributed by atoms with Crippen LogP contribution in [0.2, 0.25) is 0 Å². The van der Waals surface area contributed by atoms with E-state index in [9.17, 15) is 9.18 Å². The summed E-state index contributed by atoms with van der Waals surface area (Å²) in [7, 11) is 0. The molecule has 2 rings (SSSR count). The molecule has 2 N–H and O–H groups in total. The van der Waals surface area contributed by atoms with Crippen molar-refractivity contribution in [1.82, 2.24) is 5.32 Å². The molecule has 7 heteroatoms. The first-order valence-electron chi connectivity index (χ1n) is 6.72. The molecule has 1 fully saturated rings. The highest BCUT2D eigenvalue weighted by molar-refractivity contribution is 5.91. The van der Waals surface area contributed by atoms with Crippen LogP contribution >= 0.6 is 12.4 Å². The van der Waals surface area contributed by atoms with Gasteiger partial charge in [0.05, 0.1) is 19.8 Å². The quantitative estimate of drug-likeness (QED) is 0.871. The van der Waals surface area contributed by atoms with E-state index in [0.29, 0.717) is 31.9 Å². The number of hydrogen-bond donors (Lipinski definition) is 2. The molecule has 1 aliphatic heterocycles. The molecule has 5 nitrogen and oxygen atoms in total. The number of benzene rings is 1. The Kier molecular flexibility index (Phi) is 7.42. The number of carbonyl (C=O) groups is 1. The molecule has 118 valence electrons. The highest BCUT2D eigenvalue weighted by Crippen LogP contribution is 2.21. The molecular weight excluding hydrogens is 299 g/mol. The monoisotopic (exact) mass is 318 g/mol. The van der Waals surface area contributed by atoms with Crippen molar-refractivity contribution in [1.29, 1.82) is 0 Å². The minimum absolute atomic E-state index is 0. The molecule has 1 heterocycles. The van der Waals surface area contributed by atoms with Gasteiger partial charge in [-0.3, -0.25) is 4.79 Å². The lowest BCUT2D eigenvalue weighted by Gasteiger charge is -2.23. The van der Waals surface area contributed by atoms with Gasteiger partial charge in [-0.1, -0.05) is 0 Å². The van der Waals surface area contributed by atoms with Crippen LogP contribution in [0.1, 0.15) is 13.3 Å². The van der Waals surface area contributed by atoms with Crippen LogP contribution in [0.3, 0.4) is 0 Å². The predicted molar refractivity (Wildman–Crippen MR) is 80.7 cm³/mol. The molecule has 1 atom stereocenters. The molecule has 1 unspecified atom stereocenters. The third-order valence-electron chi connectivity index (χ3n) is 2.95. The molecule has 0 spiro atoms. The normalized spacial score (nSPS) is 17.7. The third kappa shape index (κ3) is 5.49. The first-order chi connectivity index (χ1) is 9.69. The van der Waals surface area contributed by atoms with Gasteiger partial charge in [0.25, 0.3) is 0 Å². The number of nitrogens with one attached hydrogen (secondary N) is 2. The average molecular weight is 319 g/mol. The molecule has 0 saturated carbocycles. The largest absolute Gasteiger partial charge is 0.491 e. The van der Waals surface area contributed by atoms with Gasteiger partial charge in [0, 0.05) is 30.8 Å². The third-order valence-corrected chi connectivity index (χ3v) is 2.95. The standard InChI is InChI=1S/C14H19FN2O3.ClH/c1-2-20-13-4-3-10(7-12(13)15)17-14(18)8-11-9-19-6-5-16-11;/h3-4,7,11,16H,2,5-6,8-9H2,1H3,(H,17,18);1H. The predicted octanol–water partition coefficient (Wildman–Crippen LogP) is 1.96. The minimum Gasteiger partial charge on any atom is -0.491 e. The second-order valence-corrected chi connectivity index (χ2v) is 4.56. The van der Waals surface area contributed by atoms with Crippen LogP contribution in [0.25, 0.3) is 0 Å². The van der Waals surface area contributed by atoms with Gasteiger partial charge in [0.1, 0.15) is 0 Å². The van der Waals surface area contributed by atoms with E-state index >= 15 is 0 Å². The minimum atomic E-state index is -0.483. The van der Waals surface area contributed by atoms with E-state index in [4.69, 9.17) is 9.47 Å². The van der Waals surface area contributed by atoms with E-state index in [2.05, 4.69) is 10.6 Å². The first kappa shape index (κ1) is 17.7. The Morgan fingerprint density at radius 2 is 2.38 bits per heavy atom. The summed E-state index contributed by atoms with van der Waals surface area (Å²) in [5.41, 5.74) is 0.424. The highest BCUT2D eigenvalue weighted by atomic mass is 35.5. The summed E-state index contributed by atoms with van der Waals surface area (Å²) in [6.45, 7) is 4.12. The van der Waals surface area contributed by atoms with Crippen molar-refractivity contribution in [2.45, 2.75) is 19.4 Å². The van der Waals surface area contributed by atoms with E-state index in [1.807, 2.05) is 0 Å². The number of ether oxygens (including phenoxy) is 2. The van der Waals surface area contributed by atoms with Crippen molar-refractivity contribution in [3.63, 3.8) is 0 Å². The summed E-state index contributed by atoms with van der Waals surface area (Å²) in [4.78, 5) is 11.8. The Labute approximate surface area is 129 Å². The number of halogens is 2. The second-order valence-electron chi connectivity index (χ2n) is 4.56. The van der Waals surface area contributed by atoms with E-state index in [1.54, 1.807) is 13.0 Å². The molecule has 1 aromatic rings. The number of rotatable bonds is 5. The fraction of sp³-hybridized carbons (Fsp3) is 0.500. The Balaban J connectivity index is 0.00000220. The van der Waals surface area contributed by atoms with Gasteiger partial charge in [0.2, 0.25) is 5.91 Å². The zero-order chi connectivity index (χ0) is 14.4. The molecule has 0 radical (unpaired) electrons. The van der Waals surface area contributed by atoms with Crippen LogP contribution in [0, 0.1) is 5.82 Å². The van der Waals surface area contributed by atoms with Crippen molar-refractivity contribution in [2.75, 3.05) is 31.7 Å². The smallest absolute Gasteiger partial charge is 0.226 e. The maximum atomic E-state index is 13.6. The van der Waals surface area contributed by atoms with Gasteiger partial charge >= 0.3 is 0 Å². The van der Waals surface area contributed by atoms with E-state index in [0.717, 1.165) is 6.54 Å². The first-order valence-corrected chi connectivity index (χ1v) is 6.72. The SMILES string of the molecule is CCOc1ccc(NC(=O)CC2COCCN2)cc1F.Cl. The van der Waals surface area contributed by atoms with Gasteiger partial charge < -0.3 is 20.1 Å².